The van der Waals surface area contributed by atoms with Crippen LogP contribution in [0.1, 0.15) is 48.8 Å². The second-order valence-corrected chi connectivity index (χ2v) is 5.23. The number of Topliss-reactive ketones (excluding diaryl/α,β-unsaturated/α-hetero) is 1. The van der Waals surface area contributed by atoms with Crippen LogP contribution in [0.2, 0.25) is 0 Å². The largest absolute Gasteiger partial charge is 0.294 e. The first kappa shape index (κ1) is 12.1. The van der Waals surface area contributed by atoms with Gasteiger partial charge in [-0.05, 0) is 38.8 Å². The summed E-state index contributed by atoms with van der Waals surface area (Å²) in [6.07, 6.45) is 6.00. The van der Waals surface area contributed by atoms with Crippen LogP contribution in [0.3, 0.4) is 0 Å². The minimum absolute atomic E-state index is 0.215. The highest BCUT2D eigenvalue weighted by atomic mass is 16.1. The minimum Gasteiger partial charge on any atom is -0.294 e. The maximum Gasteiger partial charge on any atom is 0.166 e. The van der Waals surface area contributed by atoms with Crippen molar-refractivity contribution in [2.75, 3.05) is 0 Å². The lowest BCUT2D eigenvalue weighted by Gasteiger charge is -2.15. The van der Waals surface area contributed by atoms with E-state index in [4.69, 9.17) is 0 Å². The molecule has 0 radical (unpaired) electrons. The fraction of sp³-hybridized carbons (Fsp3) is 0.400. The molecule has 0 atom stereocenters. The van der Waals surface area contributed by atoms with Crippen LogP contribution in [0.5, 0.6) is 0 Å². The molecule has 19 heavy (non-hydrogen) atoms. The smallest absolute Gasteiger partial charge is 0.166 e. The average molecular weight is 255 g/mol. The van der Waals surface area contributed by atoms with Crippen LogP contribution in [0.15, 0.2) is 24.5 Å². The normalized spacial score (nSPS) is 14.8. The van der Waals surface area contributed by atoms with Crippen molar-refractivity contribution in [2.24, 2.45) is 0 Å². The van der Waals surface area contributed by atoms with Gasteiger partial charge < -0.3 is 0 Å². The Morgan fingerprint density at radius 3 is 2.84 bits per heavy atom. The summed E-state index contributed by atoms with van der Waals surface area (Å²) < 4.78 is 1.99. The van der Waals surface area contributed by atoms with Crippen LogP contribution >= 0.6 is 0 Å². The van der Waals surface area contributed by atoms with Crippen molar-refractivity contribution in [3.63, 3.8) is 0 Å². The topological polar surface area (TPSA) is 47.8 Å². The molecule has 1 aliphatic carbocycles. The third-order valence-electron chi connectivity index (χ3n) is 3.53. The van der Waals surface area contributed by atoms with Crippen molar-refractivity contribution in [3.8, 4) is 11.3 Å². The van der Waals surface area contributed by atoms with E-state index in [-0.39, 0.29) is 11.8 Å². The Hall–Kier alpha value is -1.97. The van der Waals surface area contributed by atoms with Gasteiger partial charge in [-0.2, -0.15) is 5.10 Å². The van der Waals surface area contributed by atoms with E-state index in [1.165, 1.54) is 0 Å². The van der Waals surface area contributed by atoms with Gasteiger partial charge in [0.05, 0.1) is 11.3 Å². The van der Waals surface area contributed by atoms with E-state index in [1.54, 1.807) is 12.4 Å². The van der Waals surface area contributed by atoms with Crippen LogP contribution in [-0.4, -0.2) is 20.5 Å². The van der Waals surface area contributed by atoms with E-state index in [1.807, 2.05) is 16.8 Å². The maximum atomic E-state index is 12.2. The maximum absolute atomic E-state index is 12.2. The van der Waals surface area contributed by atoms with Gasteiger partial charge in [0.2, 0.25) is 0 Å². The molecule has 2 aromatic rings. The van der Waals surface area contributed by atoms with Gasteiger partial charge in [-0.15, -0.1) is 0 Å². The molecule has 0 fully saturated rings. The molecule has 0 bridgehead atoms. The second kappa shape index (κ2) is 4.61. The zero-order chi connectivity index (χ0) is 13.4. The molecule has 2 aromatic heterocycles. The third kappa shape index (κ3) is 1.97. The van der Waals surface area contributed by atoms with Gasteiger partial charge in [-0.1, -0.05) is 0 Å². The molecule has 1 aliphatic rings. The molecular weight excluding hydrogens is 238 g/mol. The Kier molecular flexibility index (Phi) is 2.93. The van der Waals surface area contributed by atoms with Crippen molar-refractivity contribution in [1.82, 2.24) is 14.8 Å². The number of aromatic nitrogens is 3. The van der Waals surface area contributed by atoms with Crippen molar-refractivity contribution in [1.29, 1.82) is 0 Å². The van der Waals surface area contributed by atoms with E-state index in [2.05, 4.69) is 23.9 Å². The Bertz CT molecular complexity index is 614. The summed E-state index contributed by atoms with van der Waals surface area (Å²) in [4.78, 5) is 16.4. The predicted octanol–water partition coefficient (Wildman–Crippen LogP) is 3.05. The zero-order valence-electron chi connectivity index (χ0n) is 11.3. The molecule has 2 heterocycles. The number of fused-ring (bicyclic) bond motifs is 1. The van der Waals surface area contributed by atoms with Gasteiger partial charge in [-0.25, -0.2) is 0 Å². The summed E-state index contributed by atoms with van der Waals surface area (Å²) in [5.41, 5.74) is 3.62. The molecule has 4 nitrogen and oxygen atoms in total. The van der Waals surface area contributed by atoms with Gasteiger partial charge >= 0.3 is 0 Å². The van der Waals surface area contributed by atoms with E-state index in [0.717, 1.165) is 35.4 Å². The number of rotatable bonds is 2. The van der Waals surface area contributed by atoms with Crippen molar-refractivity contribution in [2.45, 2.75) is 39.2 Å². The third-order valence-corrected chi connectivity index (χ3v) is 3.53. The highest BCUT2D eigenvalue weighted by Gasteiger charge is 2.28. The van der Waals surface area contributed by atoms with Crippen LogP contribution in [0, 0.1) is 0 Å². The standard InChI is InChI=1S/C15H17N3O/c1-10(2)18-12-6-3-7-13(19)14(12)15(17-18)11-5-4-8-16-9-11/h4-5,8-10H,3,6-7H2,1-2H3. The van der Waals surface area contributed by atoms with Crippen LogP contribution in [-0.2, 0) is 6.42 Å². The lowest BCUT2D eigenvalue weighted by molar-refractivity contribution is 0.0972. The number of carbonyl (C=O) groups excluding carboxylic acids is 1. The Labute approximate surface area is 112 Å². The summed E-state index contributed by atoms with van der Waals surface area (Å²) >= 11 is 0. The Balaban J connectivity index is 2.23. The molecule has 0 saturated carbocycles. The predicted molar refractivity (Wildman–Crippen MR) is 73.1 cm³/mol. The number of carbonyl (C=O) groups is 1. The van der Waals surface area contributed by atoms with E-state index >= 15 is 0 Å². The second-order valence-electron chi connectivity index (χ2n) is 5.23. The molecule has 0 aromatic carbocycles. The van der Waals surface area contributed by atoms with Gasteiger partial charge in [0.25, 0.3) is 0 Å². The van der Waals surface area contributed by atoms with Crippen LogP contribution < -0.4 is 0 Å². The summed E-state index contributed by atoms with van der Waals surface area (Å²) in [7, 11) is 0. The lowest BCUT2D eigenvalue weighted by atomic mass is 9.92. The molecule has 0 unspecified atom stereocenters. The Morgan fingerprint density at radius 1 is 1.32 bits per heavy atom. The summed E-state index contributed by atoms with van der Waals surface area (Å²) in [6.45, 7) is 4.19. The molecule has 0 amide bonds. The molecule has 3 rings (SSSR count). The summed E-state index contributed by atoms with van der Waals surface area (Å²) in [5.74, 6) is 0.215. The molecule has 98 valence electrons. The zero-order valence-corrected chi connectivity index (χ0v) is 11.3. The van der Waals surface area contributed by atoms with Gasteiger partial charge in [0.1, 0.15) is 5.69 Å². The number of hydrogen-bond acceptors (Lipinski definition) is 3. The molecule has 0 saturated heterocycles. The van der Waals surface area contributed by atoms with E-state index < -0.39 is 0 Å². The Morgan fingerprint density at radius 2 is 2.16 bits per heavy atom. The van der Waals surface area contributed by atoms with E-state index in [0.29, 0.717) is 6.42 Å². The highest BCUT2D eigenvalue weighted by molar-refractivity contribution is 6.03. The summed E-state index contributed by atoms with van der Waals surface area (Å²) in [5, 5.41) is 4.67. The molecule has 0 spiro atoms. The molecule has 0 aliphatic heterocycles. The fourth-order valence-electron chi connectivity index (χ4n) is 2.68. The monoisotopic (exact) mass is 255 g/mol. The number of ketones is 1. The number of pyridine rings is 1. The lowest BCUT2D eigenvalue weighted by Crippen LogP contribution is -2.15. The van der Waals surface area contributed by atoms with Crippen molar-refractivity contribution >= 4 is 5.78 Å². The first-order chi connectivity index (χ1) is 9.18. The molecule has 4 heteroatoms. The first-order valence-corrected chi connectivity index (χ1v) is 6.73. The van der Waals surface area contributed by atoms with Crippen molar-refractivity contribution < 1.29 is 4.79 Å². The van der Waals surface area contributed by atoms with Crippen molar-refractivity contribution in [3.05, 3.63) is 35.8 Å². The number of nitrogens with zero attached hydrogens (tertiary/aromatic N) is 3. The molecular formula is C15H17N3O. The quantitative estimate of drug-likeness (QED) is 0.828. The van der Waals surface area contributed by atoms with Crippen LogP contribution in [0.4, 0.5) is 0 Å². The van der Waals surface area contributed by atoms with Gasteiger partial charge in [-0.3, -0.25) is 14.5 Å². The molecule has 0 N–H and O–H groups in total. The fourth-order valence-corrected chi connectivity index (χ4v) is 2.68. The summed E-state index contributed by atoms with van der Waals surface area (Å²) in [6, 6.07) is 4.11. The van der Waals surface area contributed by atoms with E-state index in [9.17, 15) is 4.79 Å². The number of hydrogen-bond donors (Lipinski definition) is 0. The first-order valence-electron chi connectivity index (χ1n) is 6.73. The minimum atomic E-state index is 0.215. The average Bonchev–Trinajstić information content (AvgIpc) is 2.81. The SMILES string of the molecule is CC(C)n1nc(-c2cccnc2)c2c1CCCC2=O. The van der Waals surface area contributed by atoms with Crippen LogP contribution in [0.25, 0.3) is 11.3 Å². The van der Waals surface area contributed by atoms with Gasteiger partial charge in [0, 0.05) is 30.4 Å². The highest BCUT2D eigenvalue weighted by Crippen LogP contribution is 2.32. The van der Waals surface area contributed by atoms with Gasteiger partial charge in [0.15, 0.2) is 5.78 Å².